The molecule has 1 aliphatic carbocycles. The number of hydrogen-bond donors (Lipinski definition) is 2. The van der Waals surface area contributed by atoms with E-state index in [1.807, 2.05) is 36.6 Å². The Labute approximate surface area is 162 Å². The van der Waals surface area contributed by atoms with Crippen LogP contribution in [-0.2, 0) is 9.59 Å². The minimum Gasteiger partial charge on any atom is -0.326 e. The molecule has 1 unspecified atom stereocenters. The van der Waals surface area contributed by atoms with E-state index in [4.69, 9.17) is 0 Å². The Kier molecular flexibility index (Phi) is 6.68. The van der Waals surface area contributed by atoms with E-state index in [9.17, 15) is 9.59 Å². The molecule has 2 amide bonds. The topological polar surface area (TPSA) is 71.1 Å². The molecule has 1 aromatic heterocycles. The van der Waals surface area contributed by atoms with Gasteiger partial charge in [-0.1, -0.05) is 19.3 Å². The highest BCUT2D eigenvalue weighted by Crippen LogP contribution is 2.27. The highest BCUT2D eigenvalue weighted by molar-refractivity contribution is 8.00. The fourth-order valence-corrected chi connectivity index (χ4v) is 4.38. The van der Waals surface area contributed by atoms with E-state index < -0.39 is 0 Å². The number of anilines is 2. The molecule has 1 fully saturated rings. The van der Waals surface area contributed by atoms with Crippen LogP contribution in [0.25, 0.3) is 0 Å². The van der Waals surface area contributed by atoms with Gasteiger partial charge in [-0.15, -0.1) is 23.1 Å². The molecule has 2 N–H and O–H groups in total. The number of benzene rings is 1. The Morgan fingerprint density at radius 1 is 1.15 bits per heavy atom. The van der Waals surface area contributed by atoms with Crippen molar-refractivity contribution >= 4 is 45.7 Å². The number of nitrogens with zero attached hydrogens (tertiary/aromatic N) is 1. The van der Waals surface area contributed by atoms with Crippen molar-refractivity contribution < 1.29 is 9.59 Å². The van der Waals surface area contributed by atoms with E-state index in [1.54, 1.807) is 6.20 Å². The molecule has 0 saturated heterocycles. The average Bonchev–Trinajstić information content (AvgIpc) is 3.17. The number of aromatic nitrogens is 1. The van der Waals surface area contributed by atoms with Crippen LogP contribution in [0.5, 0.6) is 0 Å². The first kappa shape index (κ1) is 18.9. The number of amides is 2. The first-order valence-electron chi connectivity index (χ1n) is 8.90. The number of carbonyl (C=O) groups is 2. The molecule has 0 spiro atoms. The Morgan fingerprint density at radius 3 is 2.54 bits per heavy atom. The van der Waals surface area contributed by atoms with Crippen LogP contribution in [0.2, 0.25) is 0 Å². The number of hydrogen-bond acceptors (Lipinski definition) is 5. The van der Waals surface area contributed by atoms with Gasteiger partial charge in [-0.3, -0.25) is 9.59 Å². The summed E-state index contributed by atoms with van der Waals surface area (Å²) >= 11 is 2.88. The van der Waals surface area contributed by atoms with E-state index in [0.29, 0.717) is 5.13 Å². The lowest BCUT2D eigenvalue weighted by Crippen LogP contribution is -2.24. The van der Waals surface area contributed by atoms with Crippen LogP contribution in [0, 0.1) is 5.92 Å². The molecule has 2 aromatic rings. The van der Waals surface area contributed by atoms with Crippen LogP contribution in [0.15, 0.2) is 40.7 Å². The van der Waals surface area contributed by atoms with Gasteiger partial charge in [-0.25, -0.2) is 4.98 Å². The number of thiazole rings is 1. The molecule has 1 atom stereocenters. The van der Waals surface area contributed by atoms with Crippen molar-refractivity contribution in [1.82, 2.24) is 4.98 Å². The maximum absolute atomic E-state index is 12.3. The van der Waals surface area contributed by atoms with Crippen LogP contribution in [0.3, 0.4) is 0 Å². The van der Waals surface area contributed by atoms with E-state index in [-0.39, 0.29) is 23.0 Å². The molecule has 1 heterocycles. The Morgan fingerprint density at radius 2 is 1.88 bits per heavy atom. The maximum atomic E-state index is 12.3. The maximum Gasteiger partial charge on any atom is 0.239 e. The Bertz CT molecular complexity index is 726. The second-order valence-corrected chi connectivity index (χ2v) is 8.74. The third-order valence-corrected chi connectivity index (χ3v) is 6.24. The monoisotopic (exact) mass is 389 g/mol. The average molecular weight is 390 g/mol. The predicted molar refractivity (Wildman–Crippen MR) is 108 cm³/mol. The molecular formula is C19H23N3O2S2. The fourth-order valence-electron chi connectivity index (χ4n) is 2.98. The first-order chi connectivity index (χ1) is 12.6. The number of carbonyl (C=O) groups excluding carboxylic acids is 2. The van der Waals surface area contributed by atoms with Crippen LogP contribution >= 0.6 is 23.1 Å². The molecule has 5 nitrogen and oxygen atoms in total. The van der Waals surface area contributed by atoms with Crippen LogP contribution < -0.4 is 10.6 Å². The number of rotatable bonds is 6. The molecular weight excluding hydrogens is 366 g/mol. The lowest BCUT2D eigenvalue weighted by molar-refractivity contribution is -0.120. The van der Waals surface area contributed by atoms with Crippen molar-refractivity contribution in [3.63, 3.8) is 0 Å². The fraction of sp³-hybridized carbons (Fsp3) is 0.421. The van der Waals surface area contributed by atoms with Crippen molar-refractivity contribution in [2.45, 2.75) is 49.2 Å². The lowest BCUT2D eigenvalue weighted by atomic mass is 9.88. The van der Waals surface area contributed by atoms with Gasteiger partial charge < -0.3 is 10.6 Å². The van der Waals surface area contributed by atoms with Gasteiger partial charge >= 0.3 is 0 Å². The lowest BCUT2D eigenvalue weighted by Gasteiger charge is -2.20. The SMILES string of the molecule is CC(Sc1ccc(NC(=O)C2CCCCC2)cc1)C(=O)Nc1nccs1. The standard InChI is InChI=1S/C19H23N3O2S2/c1-13(17(23)22-19-20-11-12-25-19)26-16-9-7-15(8-10-16)21-18(24)14-5-3-2-4-6-14/h7-14H,2-6H2,1H3,(H,21,24)(H,20,22,23). The van der Waals surface area contributed by atoms with Crippen molar-refractivity contribution in [1.29, 1.82) is 0 Å². The predicted octanol–water partition coefficient (Wildman–Crippen LogP) is 4.78. The van der Waals surface area contributed by atoms with Crippen LogP contribution in [0.4, 0.5) is 10.8 Å². The molecule has 1 aliphatic rings. The summed E-state index contributed by atoms with van der Waals surface area (Å²) in [5, 5.41) is 8.02. The molecule has 0 bridgehead atoms. The summed E-state index contributed by atoms with van der Waals surface area (Å²) < 4.78 is 0. The first-order valence-corrected chi connectivity index (χ1v) is 10.7. The second-order valence-electron chi connectivity index (χ2n) is 6.44. The zero-order valence-electron chi connectivity index (χ0n) is 14.7. The number of thioether (sulfide) groups is 1. The quantitative estimate of drug-likeness (QED) is 0.698. The van der Waals surface area contributed by atoms with Crippen molar-refractivity contribution in [2.24, 2.45) is 5.92 Å². The summed E-state index contributed by atoms with van der Waals surface area (Å²) in [6, 6.07) is 7.67. The molecule has 138 valence electrons. The van der Waals surface area contributed by atoms with Gasteiger partial charge in [0.1, 0.15) is 0 Å². The molecule has 0 radical (unpaired) electrons. The summed E-state index contributed by atoms with van der Waals surface area (Å²) in [6.45, 7) is 1.87. The Hall–Kier alpha value is -1.86. The minimum atomic E-state index is -0.235. The molecule has 3 rings (SSSR count). The van der Waals surface area contributed by atoms with E-state index >= 15 is 0 Å². The van der Waals surface area contributed by atoms with Crippen LogP contribution in [0.1, 0.15) is 39.0 Å². The molecule has 7 heteroatoms. The van der Waals surface area contributed by atoms with Gasteiger partial charge in [0.15, 0.2) is 5.13 Å². The van der Waals surface area contributed by atoms with Gasteiger partial charge in [0.25, 0.3) is 0 Å². The largest absolute Gasteiger partial charge is 0.326 e. The van der Waals surface area contributed by atoms with E-state index in [1.165, 1.54) is 29.5 Å². The molecule has 0 aliphatic heterocycles. The summed E-state index contributed by atoms with van der Waals surface area (Å²) in [7, 11) is 0. The third kappa shape index (κ3) is 5.32. The van der Waals surface area contributed by atoms with E-state index in [0.717, 1.165) is 36.3 Å². The zero-order chi connectivity index (χ0) is 18.4. The van der Waals surface area contributed by atoms with Gasteiger partial charge in [-0.2, -0.15) is 0 Å². The van der Waals surface area contributed by atoms with Crippen molar-refractivity contribution in [3.05, 3.63) is 35.8 Å². The summed E-state index contributed by atoms with van der Waals surface area (Å²) in [6.07, 6.45) is 7.18. The van der Waals surface area contributed by atoms with E-state index in [2.05, 4.69) is 15.6 Å². The van der Waals surface area contributed by atoms with Crippen LogP contribution in [-0.4, -0.2) is 22.0 Å². The number of nitrogens with one attached hydrogen (secondary N) is 2. The zero-order valence-corrected chi connectivity index (χ0v) is 16.4. The summed E-state index contributed by atoms with van der Waals surface area (Å²) in [4.78, 5) is 29.5. The van der Waals surface area contributed by atoms with Crippen molar-refractivity contribution in [3.8, 4) is 0 Å². The molecule has 1 aromatic carbocycles. The van der Waals surface area contributed by atoms with Gasteiger partial charge in [-0.05, 0) is 44.0 Å². The summed E-state index contributed by atoms with van der Waals surface area (Å²) in [5.74, 6) is 0.202. The highest BCUT2D eigenvalue weighted by atomic mass is 32.2. The smallest absolute Gasteiger partial charge is 0.239 e. The second kappa shape index (κ2) is 9.19. The third-order valence-electron chi connectivity index (χ3n) is 4.44. The Balaban J connectivity index is 1.50. The summed E-state index contributed by atoms with van der Waals surface area (Å²) in [5.41, 5.74) is 0.810. The van der Waals surface area contributed by atoms with Gasteiger partial charge in [0.2, 0.25) is 11.8 Å². The van der Waals surface area contributed by atoms with Gasteiger partial charge in [0.05, 0.1) is 5.25 Å². The minimum absolute atomic E-state index is 0.0698. The molecule has 1 saturated carbocycles. The molecule has 26 heavy (non-hydrogen) atoms. The van der Waals surface area contributed by atoms with Gasteiger partial charge in [0, 0.05) is 28.1 Å². The normalized spacial score (nSPS) is 16.0. The van der Waals surface area contributed by atoms with Crippen molar-refractivity contribution in [2.75, 3.05) is 10.6 Å². The highest BCUT2D eigenvalue weighted by Gasteiger charge is 2.21.